The maximum absolute atomic E-state index is 13.1. The zero-order chi connectivity index (χ0) is 36.5. The fraction of sp³-hybridized carbons (Fsp3) is 0.273. The van der Waals surface area contributed by atoms with Crippen LogP contribution in [0.2, 0.25) is 5.02 Å². The van der Waals surface area contributed by atoms with Gasteiger partial charge in [-0.15, -0.1) is 17.0 Å². The molecular weight excluding hydrogens is 750 g/mol. The van der Waals surface area contributed by atoms with E-state index in [0.29, 0.717) is 54.6 Å². The van der Waals surface area contributed by atoms with Crippen molar-refractivity contribution in [3.63, 3.8) is 0 Å². The van der Waals surface area contributed by atoms with Gasteiger partial charge in [-0.2, -0.15) is 0 Å². The highest BCUT2D eigenvalue weighted by atomic mass is 79.9. The van der Waals surface area contributed by atoms with Gasteiger partial charge in [0.05, 0.1) is 11.2 Å². The van der Waals surface area contributed by atoms with E-state index >= 15 is 0 Å². The number of nitrogens with zero attached hydrogens (tertiary/aromatic N) is 3. The van der Waals surface area contributed by atoms with E-state index in [9.17, 15) is 4.79 Å². The summed E-state index contributed by atoms with van der Waals surface area (Å²) in [7, 11) is 0. The van der Waals surface area contributed by atoms with Gasteiger partial charge in [0.15, 0.2) is 0 Å². The van der Waals surface area contributed by atoms with Gasteiger partial charge in [-0.1, -0.05) is 91.7 Å². The van der Waals surface area contributed by atoms with E-state index in [4.69, 9.17) is 25.8 Å². The molecule has 0 radical (unpaired) electrons. The van der Waals surface area contributed by atoms with Gasteiger partial charge in [0.1, 0.15) is 30.5 Å². The summed E-state index contributed by atoms with van der Waals surface area (Å²) in [5.41, 5.74) is 7.79. The van der Waals surface area contributed by atoms with Crippen LogP contribution in [0.4, 0.5) is 0 Å². The smallest absolute Gasteiger partial charge is 0.246 e. The number of pyridine rings is 1. The number of carbonyl (C=O) groups is 1. The Bertz CT molecular complexity index is 1960. The predicted octanol–water partition coefficient (Wildman–Crippen LogP) is 10.4. The molecule has 0 atom stereocenters. The monoisotopic (exact) mass is 795 g/mol. The molecule has 2 heterocycles. The molecule has 1 fully saturated rings. The highest BCUT2D eigenvalue weighted by Gasteiger charge is 2.20. The number of ether oxygens (including phenoxy) is 3. The fourth-order valence-corrected chi connectivity index (χ4v) is 6.12. The van der Waals surface area contributed by atoms with E-state index < -0.39 is 0 Å². The summed E-state index contributed by atoms with van der Waals surface area (Å²) in [5, 5.41) is 0.435. The van der Waals surface area contributed by atoms with Crippen LogP contribution in [0.3, 0.4) is 0 Å². The van der Waals surface area contributed by atoms with Crippen molar-refractivity contribution in [2.75, 3.05) is 26.2 Å². The lowest BCUT2D eigenvalue weighted by atomic mass is 10.0. The van der Waals surface area contributed by atoms with Crippen molar-refractivity contribution >= 4 is 40.6 Å². The molecule has 0 aliphatic carbocycles. The Morgan fingerprint density at radius 3 is 2.02 bits per heavy atom. The van der Waals surface area contributed by atoms with E-state index in [-0.39, 0.29) is 22.9 Å². The number of amides is 1. The second-order valence-corrected chi connectivity index (χ2v) is 14.0. The molecule has 53 heavy (non-hydrogen) atoms. The molecule has 1 aliphatic heterocycles. The average molecular weight is 797 g/mol. The second kappa shape index (κ2) is 18.9. The van der Waals surface area contributed by atoms with E-state index in [2.05, 4.69) is 79.2 Å². The van der Waals surface area contributed by atoms with Crippen molar-refractivity contribution in [2.24, 2.45) is 0 Å². The number of benzene rings is 4. The Balaban J connectivity index is 0.00000541. The Morgan fingerprint density at radius 2 is 1.40 bits per heavy atom. The van der Waals surface area contributed by atoms with Gasteiger partial charge in [0.2, 0.25) is 11.8 Å². The lowest BCUT2D eigenvalue weighted by molar-refractivity contribution is -0.127. The number of hydrogen-bond acceptors (Lipinski definition) is 6. The first-order chi connectivity index (χ1) is 25.2. The van der Waals surface area contributed by atoms with Crippen molar-refractivity contribution in [3.05, 3.63) is 153 Å². The van der Waals surface area contributed by atoms with Gasteiger partial charge in [-0.3, -0.25) is 9.69 Å². The SMILES string of the molecule is Br.Cc1ccc(COc2ccc(Oc3cc(C)c(C=CC(=O)N4CCN(Cc5ccc(COc6ccc(C(C)C)cc6)cc5)CC4)cc3Cl)nc2)cc1. The topological polar surface area (TPSA) is 64.1 Å². The molecule has 276 valence electrons. The van der Waals surface area contributed by atoms with E-state index in [1.165, 1.54) is 16.7 Å². The van der Waals surface area contributed by atoms with Crippen molar-refractivity contribution in [1.29, 1.82) is 0 Å². The average Bonchev–Trinajstić information content (AvgIpc) is 3.16. The molecule has 5 aromatic rings. The third kappa shape index (κ3) is 11.4. The molecule has 0 saturated carbocycles. The molecule has 4 aromatic carbocycles. The summed E-state index contributed by atoms with van der Waals surface area (Å²) < 4.78 is 17.8. The van der Waals surface area contributed by atoms with Gasteiger partial charge in [0.25, 0.3) is 0 Å². The number of hydrogen-bond donors (Lipinski definition) is 0. The van der Waals surface area contributed by atoms with Crippen LogP contribution >= 0.6 is 28.6 Å². The zero-order valence-electron chi connectivity index (χ0n) is 30.8. The van der Waals surface area contributed by atoms with Crippen LogP contribution in [-0.2, 0) is 24.6 Å². The number of piperazine rings is 1. The first kappa shape index (κ1) is 39.6. The molecule has 1 saturated heterocycles. The molecule has 7 nitrogen and oxygen atoms in total. The van der Waals surface area contributed by atoms with Crippen molar-refractivity contribution in [2.45, 2.75) is 53.4 Å². The molecule has 0 unspecified atom stereocenters. The molecule has 0 spiro atoms. The summed E-state index contributed by atoms with van der Waals surface area (Å²) in [6.07, 6.45) is 5.09. The molecule has 9 heteroatoms. The van der Waals surface area contributed by atoms with Gasteiger partial charge in [-0.05, 0) is 89.6 Å². The largest absolute Gasteiger partial charge is 0.489 e. The Labute approximate surface area is 328 Å². The molecule has 1 aliphatic rings. The number of aryl methyl sites for hydroxylation is 2. The minimum Gasteiger partial charge on any atom is -0.489 e. The van der Waals surface area contributed by atoms with E-state index in [1.807, 2.05) is 60.4 Å². The summed E-state index contributed by atoms with van der Waals surface area (Å²) in [4.78, 5) is 21.8. The number of rotatable bonds is 13. The van der Waals surface area contributed by atoms with Gasteiger partial charge >= 0.3 is 0 Å². The minimum atomic E-state index is -0.00687. The van der Waals surface area contributed by atoms with Crippen LogP contribution in [0.25, 0.3) is 6.08 Å². The summed E-state index contributed by atoms with van der Waals surface area (Å²) in [5.74, 6) is 2.94. The quantitative estimate of drug-likeness (QED) is 0.111. The van der Waals surface area contributed by atoms with Crippen molar-refractivity contribution in [1.82, 2.24) is 14.8 Å². The van der Waals surface area contributed by atoms with Crippen LogP contribution in [0.5, 0.6) is 23.1 Å². The third-order valence-corrected chi connectivity index (χ3v) is 9.54. The van der Waals surface area contributed by atoms with Crippen molar-refractivity contribution in [3.8, 4) is 23.1 Å². The highest BCUT2D eigenvalue weighted by molar-refractivity contribution is 8.93. The lowest BCUT2D eigenvalue weighted by Gasteiger charge is -2.34. The molecule has 0 bridgehead atoms. The van der Waals surface area contributed by atoms with Gasteiger partial charge in [-0.25, -0.2) is 4.98 Å². The maximum atomic E-state index is 13.1. The minimum absolute atomic E-state index is 0. The number of halogens is 2. The maximum Gasteiger partial charge on any atom is 0.246 e. The van der Waals surface area contributed by atoms with Crippen LogP contribution in [-0.4, -0.2) is 46.9 Å². The fourth-order valence-electron chi connectivity index (χ4n) is 5.91. The van der Waals surface area contributed by atoms with Gasteiger partial charge < -0.3 is 19.1 Å². The molecule has 0 N–H and O–H groups in total. The van der Waals surface area contributed by atoms with E-state index in [0.717, 1.165) is 47.6 Å². The predicted molar refractivity (Wildman–Crippen MR) is 219 cm³/mol. The van der Waals surface area contributed by atoms with Crippen LogP contribution < -0.4 is 14.2 Å². The standard InChI is InChI=1S/C44H46ClN3O4.BrH/c1-31(2)37-13-16-39(17-14-37)50-29-36-11-9-34(10-12-36)28-47-21-23-48(24-22-47)44(49)20-15-38-26-41(45)42(25-33(38)4)52-43-19-18-40(27-46-43)51-30-35-7-5-32(3)6-8-35;/h5-20,25-27,31H,21-24,28-30H2,1-4H3;1H. The Kier molecular flexibility index (Phi) is 14.1. The molecule has 6 rings (SSSR count). The molecular formula is C44H47BrClN3O4. The van der Waals surface area contributed by atoms with Crippen LogP contribution in [0.15, 0.2) is 109 Å². The van der Waals surface area contributed by atoms with E-state index in [1.54, 1.807) is 18.3 Å². The third-order valence-electron chi connectivity index (χ3n) is 9.24. The van der Waals surface area contributed by atoms with Crippen LogP contribution in [0.1, 0.15) is 58.7 Å². The first-order valence-corrected chi connectivity index (χ1v) is 18.2. The summed E-state index contributed by atoms with van der Waals surface area (Å²) in [6.45, 7) is 13.3. The number of aromatic nitrogens is 1. The normalized spacial score (nSPS) is 13.2. The molecule has 1 amide bonds. The second-order valence-electron chi connectivity index (χ2n) is 13.6. The Hall–Kier alpha value is -4.63. The zero-order valence-corrected chi connectivity index (χ0v) is 33.2. The Morgan fingerprint density at radius 1 is 0.792 bits per heavy atom. The number of carbonyl (C=O) groups excluding carboxylic acids is 1. The van der Waals surface area contributed by atoms with Crippen LogP contribution in [0, 0.1) is 13.8 Å². The molecule has 1 aromatic heterocycles. The first-order valence-electron chi connectivity index (χ1n) is 17.8. The van der Waals surface area contributed by atoms with Crippen molar-refractivity contribution < 1.29 is 19.0 Å². The summed E-state index contributed by atoms with van der Waals surface area (Å²) >= 11 is 6.60. The van der Waals surface area contributed by atoms with Gasteiger partial charge in [0, 0.05) is 44.9 Å². The highest BCUT2D eigenvalue weighted by Crippen LogP contribution is 2.32. The lowest BCUT2D eigenvalue weighted by Crippen LogP contribution is -2.47. The summed E-state index contributed by atoms with van der Waals surface area (Å²) in [6, 6.07) is 32.4.